The molecule has 1 aromatic rings. The minimum absolute atomic E-state index is 0. The Morgan fingerprint density at radius 1 is 1.15 bits per heavy atom. The van der Waals surface area contributed by atoms with Crippen LogP contribution < -0.4 is 5.32 Å². The minimum Gasteiger partial charge on any atom is -0.338 e. The topological polar surface area (TPSA) is 55.9 Å². The van der Waals surface area contributed by atoms with E-state index in [1.54, 1.807) is 0 Å². The van der Waals surface area contributed by atoms with E-state index in [9.17, 15) is 9.59 Å². The monoisotopic (exact) mass is 392 g/mol. The molecule has 2 amide bonds. The molecule has 3 aliphatic heterocycles. The molecular formula is C20H29ClN4O2. The van der Waals surface area contributed by atoms with Crippen LogP contribution in [0.15, 0.2) is 24.3 Å². The van der Waals surface area contributed by atoms with Crippen molar-refractivity contribution in [2.45, 2.75) is 31.8 Å². The van der Waals surface area contributed by atoms with E-state index in [0.717, 1.165) is 69.8 Å². The molecule has 1 atom stereocenters. The Hall–Kier alpha value is -1.63. The normalized spacial score (nSPS) is 23.6. The van der Waals surface area contributed by atoms with Crippen LogP contribution in [0.4, 0.5) is 0 Å². The van der Waals surface area contributed by atoms with Gasteiger partial charge in [0.25, 0.3) is 5.91 Å². The van der Waals surface area contributed by atoms with Gasteiger partial charge in [0.1, 0.15) is 0 Å². The maximum absolute atomic E-state index is 12.9. The molecular weight excluding hydrogens is 364 g/mol. The highest BCUT2D eigenvalue weighted by molar-refractivity contribution is 5.94. The van der Waals surface area contributed by atoms with Gasteiger partial charge >= 0.3 is 0 Å². The Balaban J connectivity index is 0.00000210. The van der Waals surface area contributed by atoms with Crippen molar-refractivity contribution in [2.24, 2.45) is 0 Å². The molecule has 0 radical (unpaired) electrons. The van der Waals surface area contributed by atoms with Gasteiger partial charge in [0, 0.05) is 70.4 Å². The van der Waals surface area contributed by atoms with Crippen LogP contribution in [0.1, 0.15) is 35.2 Å². The SMILES string of the molecule is Cl.O=C1CCCN1Cc1cccc(C(=O)N2CCC(N3CCNCC3)C2)c1. The maximum Gasteiger partial charge on any atom is 0.253 e. The molecule has 0 saturated carbocycles. The second-order valence-corrected chi connectivity index (χ2v) is 7.60. The summed E-state index contributed by atoms with van der Waals surface area (Å²) in [5.41, 5.74) is 1.79. The second kappa shape index (κ2) is 9.04. The van der Waals surface area contributed by atoms with Crippen molar-refractivity contribution in [2.75, 3.05) is 45.8 Å². The van der Waals surface area contributed by atoms with Crippen molar-refractivity contribution in [1.29, 1.82) is 0 Å². The van der Waals surface area contributed by atoms with Gasteiger partial charge in [-0.2, -0.15) is 0 Å². The third-order valence-corrected chi connectivity index (χ3v) is 5.84. The molecule has 148 valence electrons. The van der Waals surface area contributed by atoms with Crippen LogP contribution in [0.3, 0.4) is 0 Å². The zero-order chi connectivity index (χ0) is 17.9. The highest BCUT2D eigenvalue weighted by atomic mass is 35.5. The Morgan fingerprint density at radius 2 is 1.96 bits per heavy atom. The van der Waals surface area contributed by atoms with Crippen molar-refractivity contribution in [3.8, 4) is 0 Å². The van der Waals surface area contributed by atoms with Gasteiger partial charge in [0.15, 0.2) is 0 Å². The fourth-order valence-electron chi connectivity index (χ4n) is 4.35. The Labute approximate surface area is 167 Å². The molecule has 1 N–H and O–H groups in total. The van der Waals surface area contributed by atoms with Crippen molar-refractivity contribution in [3.05, 3.63) is 35.4 Å². The molecule has 3 aliphatic rings. The Kier molecular flexibility index (Phi) is 6.73. The van der Waals surface area contributed by atoms with E-state index >= 15 is 0 Å². The number of hydrogen-bond acceptors (Lipinski definition) is 4. The molecule has 1 aromatic carbocycles. The van der Waals surface area contributed by atoms with Crippen LogP contribution in [-0.2, 0) is 11.3 Å². The zero-order valence-corrected chi connectivity index (χ0v) is 16.5. The number of carbonyl (C=O) groups is 2. The molecule has 0 aliphatic carbocycles. The van der Waals surface area contributed by atoms with Gasteiger partial charge in [-0.1, -0.05) is 12.1 Å². The summed E-state index contributed by atoms with van der Waals surface area (Å²) in [6.45, 7) is 7.34. The summed E-state index contributed by atoms with van der Waals surface area (Å²) in [6.07, 6.45) is 2.66. The standard InChI is InChI=1S/C20H28N4O2.ClH/c25-19-5-2-9-23(19)14-16-3-1-4-17(13-16)20(26)24-10-6-18(15-24)22-11-7-21-8-12-22;/h1,3-4,13,18,21H,2,5-12,14-15H2;1H. The van der Waals surface area contributed by atoms with Gasteiger partial charge in [0.05, 0.1) is 0 Å². The fourth-order valence-corrected chi connectivity index (χ4v) is 4.35. The third-order valence-electron chi connectivity index (χ3n) is 5.84. The van der Waals surface area contributed by atoms with Gasteiger partial charge in [-0.05, 0) is 30.5 Å². The highest BCUT2D eigenvalue weighted by Gasteiger charge is 2.31. The lowest BCUT2D eigenvalue weighted by molar-refractivity contribution is -0.128. The first-order valence-electron chi connectivity index (χ1n) is 9.81. The first kappa shape index (κ1) is 20.1. The lowest BCUT2D eigenvalue weighted by Gasteiger charge is -2.32. The molecule has 3 saturated heterocycles. The molecule has 6 nitrogen and oxygen atoms in total. The Bertz CT molecular complexity index is 678. The molecule has 7 heteroatoms. The summed E-state index contributed by atoms with van der Waals surface area (Å²) >= 11 is 0. The average Bonchev–Trinajstić information content (AvgIpc) is 3.32. The number of nitrogens with one attached hydrogen (secondary N) is 1. The van der Waals surface area contributed by atoms with Gasteiger partial charge in [0.2, 0.25) is 5.91 Å². The quantitative estimate of drug-likeness (QED) is 0.840. The van der Waals surface area contributed by atoms with Gasteiger partial charge in [-0.25, -0.2) is 0 Å². The Morgan fingerprint density at radius 3 is 2.70 bits per heavy atom. The van der Waals surface area contributed by atoms with Crippen LogP contribution in [-0.4, -0.2) is 78.4 Å². The van der Waals surface area contributed by atoms with E-state index in [4.69, 9.17) is 0 Å². The summed E-state index contributed by atoms with van der Waals surface area (Å²) in [5.74, 6) is 0.345. The summed E-state index contributed by atoms with van der Waals surface area (Å²) < 4.78 is 0. The predicted octanol–water partition coefficient (Wildman–Crippen LogP) is 1.35. The van der Waals surface area contributed by atoms with E-state index in [-0.39, 0.29) is 24.2 Å². The number of hydrogen-bond donors (Lipinski definition) is 1. The molecule has 3 heterocycles. The number of benzene rings is 1. The van der Waals surface area contributed by atoms with Gasteiger partial charge in [-0.3, -0.25) is 14.5 Å². The molecule has 3 fully saturated rings. The molecule has 27 heavy (non-hydrogen) atoms. The lowest BCUT2D eigenvalue weighted by atomic mass is 10.1. The van der Waals surface area contributed by atoms with Gasteiger partial charge < -0.3 is 15.1 Å². The van der Waals surface area contributed by atoms with Crippen molar-refractivity contribution >= 4 is 24.2 Å². The fraction of sp³-hybridized carbons (Fsp3) is 0.600. The number of piperazine rings is 1. The summed E-state index contributed by atoms with van der Waals surface area (Å²) in [7, 11) is 0. The zero-order valence-electron chi connectivity index (χ0n) is 15.7. The second-order valence-electron chi connectivity index (χ2n) is 7.60. The summed E-state index contributed by atoms with van der Waals surface area (Å²) in [5, 5.41) is 3.39. The first-order valence-corrected chi connectivity index (χ1v) is 9.81. The van der Waals surface area contributed by atoms with Crippen molar-refractivity contribution in [1.82, 2.24) is 20.0 Å². The lowest BCUT2D eigenvalue weighted by Crippen LogP contribution is -2.49. The smallest absolute Gasteiger partial charge is 0.253 e. The molecule has 0 bridgehead atoms. The number of nitrogens with zero attached hydrogens (tertiary/aromatic N) is 3. The van der Waals surface area contributed by atoms with Crippen LogP contribution in [0.2, 0.25) is 0 Å². The van der Waals surface area contributed by atoms with E-state index in [2.05, 4.69) is 10.2 Å². The third kappa shape index (κ3) is 4.62. The molecule has 1 unspecified atom stereocenters. The number of amides is 2. The van der Waals surface area contributed by atoms with Crippen LogP contribution >= 0.6 is 12.4 Å². The number of halogens is 1. The molecule has 0 aromatic heterocycles. The number of likely N-dealkylation sites (tertiary alicyclic amines) is 2. The van der Waals surface area contributed by atoms with E-state index in [1.165, 1.54) is 0 Å². The van der Waals surface area contributed by atoms with Crippen molar-refractivity contribution < 1.29 is 9.59 Å². The highest BCUT2D eigenvalue weighted by Crippen LogP contribution is 2.20. The van der Waals surface area contributed by atoms with E-state index in [0.29, 0.717) is 19.0 Å². The summed E-state index contributed by atoms with van der Waals surface area (Å²) in [4.78, 5) is 31.2. The van der Waals surface area contributed by atoms with Crippen LogP contribution in [0, 0.1) is 0 Å². The largest absolute Gasteiger partial charge is 0.338 e. The first-order chi connectivity index (χ1) is 12.7. The number of carbonyl (C=O) groups excluding carboxylic acids is 2. The molecule has 4 rings (SSSR count). The predicted molar refractivity (Wildman–Crippen MR) is 107 cm³/mol. The van der Waals surface area contributed by atoms with Crippen molar-refractivity contribution in [3.63, 3.8) is 0 Å². The molecule has 0 spiro atoms. The maximum atomic E-state index is 12.9. The van der Waals surface area contributed by atoms with Gasteiger partial charge in [-0.15, -0.1) is 12.4 Å². The van der Waals surface area contributed by atoms with E-state index in [1.807, 2.05) is 34.1 Å². The minimum atomic E-state index is 0. The number of rotatable bonds is 4. The summed E-state index contributed by atoms with van der Waals surface area (Å²) in [6, 6.07) is 8.30. The van der Waals surface area contributed by atoms with Crippen LogP contribution in [0.5, 0.6) is 0 Å². The van der Waals surface area contributed by atoms with E-state index < -0.39 is 0 Å². The average molecular weight is 393 g/mol. The van der Waals surface area contributed by atoms with Crippen LogP contribution in [0.25, 0.3) is 0 Å².